The zero-order valence-corrected chi connectivity index (χ0v) is 11.4. The summed E-state index contributed by atoms with van der Waals surface area (Å²) >= 11 is 0. The first-order chi connectivity index (χ1) is 7.61. The van der Waals surface area contributed by atoms with E-state index < -0.39 is 0 Å². The molecule has 2 heteroatoms. The van der Waals surface area contributed by atoms with Crippen LogP contribution in [0.3, 0.4) is 0 Å². The molecule has 1 aliphatic heterocycles. The zero-order valence-electron chi connectivity index (χ0n) is 11.4. The van der Waals surface area contributed by atoms with Crippen LogP contribution in [0.1, 0.15) is 47.0 Å². The van der Waals surface area contributed by atoms with Crippen LogP contribution >= 0.6 is 0 Å². The van der Waals surface area contributed by atoms with Gasteiger partial charge < -0.3 is 5.32 Å². The molecule has 94 valence electrons. The van der Waals surface area contributed by atoms with Crippen molar-refractivity contribution in [3.05, 3.63) is 0 Å². The van der Waals surface area contributed by atoms with Crippen LogP contribution in [0.15, 0.2) is 0 Å². The lowest BCUT2D eigenvalue weighted by molar-refractivity contribution is 0.0280. The van der Waals surface area contributed by atoms with Gasteiger partial charge in [-0.05, 0) is 38.1 Å². The fraction of sp³-hybridized carbons (Fsp3) is 1.00. The van der Waals surface area contributed by atoms with Crippen molar-refractivity contribution in [1.29, 1.82) is 0 Å². The third-order valence-electron chi connectivity index (χ3n) is 5.03. The first-order valence-electron chi connectivity index (χ1n) is 7.10. The first kappa shape index (κ1) is 12.4. The molecule has 0 amide bonds. The quantitative estimate of drug-likeness (QED) is 0.789. The number of nitrogens with zero attached hydrogens (tertiary/aromatic N) is 1. The van der Waals surface area contributed by atoms with Gasteiger partial charge in [-0.25, -0.2) is 0 Å². The molecule has 0 aromatic rings. The minimum Gasteiger partial charge on any atom is -0.311 e. The third-order valence-corrected chi connectivity index (χ3v) is 5.03. The smallest absolute Gasteiger partial charge is 0.0334 e. The van der Waals surface area contributed by atoms with E-state index in [2.05, 4.69) is 37.9 Å². The normalized spacial score (nSPS) is 38.6. The number of likely N-dealkylation sites (N-methyl/N-ethyl adjacent to an activating group) is 1. The van der Waals surface area contributed by atoms with Crippen molar-refractivity contribution < 1.29 is 0 Å². The summed E-state index contributed by atoms with van der Waals surface area (Å²) in [6.07, 6.45) is 4.18. The SMILES string of the molecule is CCC(C)C1CN(CC)C(C)(C2CC2)CN1. The molecular formula is C14H28N2. The highest BCUT2D eigenvalue weighted by Crippen LogP contribution is 2.44. The molecule has 0 spiro atoms. The number of nitrogens with one attached hydrogen (secondary N) is 1. The molecular weight excluding hydrogens is 196 g/mol. The van der Waals surface area contributed by atoms with Crippen LogP contribution < -0.4 is 5.32 Å². The van der Waals surface area contributed by atoms with Crippen LogP contribution in [-0.2, 0) is 0 Å². The number of hydrogen-bond donors (Lipinski definition) is 1. The number of piperazine rings is 1. The summed E-state index contributed by atoms with van der Waals surface area (Å²) in [6, 6.07) is 0.705. The van der Waals surface area contributed by atoms with Gasteiger partial charge in [0, 0.05) is 24.7 Å². The van der Waals surface area contributed by atoms with Gasteiger partial charge in [0.05, 0.1) is 0 Å². The van der Waals surface area contributed by atoms with Crippen molar-refractivity contribution in [2.24, 2.45) is 11.8 Å². The molecule has 0 aromatic heterocycles. The van der Waals surface area contributed by atoms with Crippen molar-refractivity contribution in [2.75, 3.05) is 19.6 Å². The Morgan fingerprint density at radius 2 is 2.06 bits per heavy atom. The second kappa shape index (κ2) is 4.66. The summed E-state index contributed by atoms with van der Waals surface area (Å²) in [6.45, 7) is 13.1. The van der Waals surface area contributed by atoms with Crippen molar-refractivity contribution in [2.45, 2.75) is 58.5 Å². The maximum atomic E-state index is 3.80. The monoisotopic (exact) mass is 224 g/mol. The third kappa shape index (κ3) is 2.14. The summed E-state index contributed by atoms with van der Waals surface area (Å²) in [5.74, 6) is 1.76. The summed E-state index contributed by atoms with van der Waals surface area (Å²) in [5.41, 5.74) is 0.443. The van der Waals surface area contributed by atoms with Crippen molar-refractivity contribution in [3.8, 4) is 0 Å². The van der Waals surface area contributed by atoms with E-state index in [-0.39, 0.29) is 0 Å². The van der Waals surface area contributed by atoms with Crippen molar-refractivity contribution in [1.82, 2.24) is 10.2 Å². The van der Waals surface area contributed by atoms with E-state index in [0.29, 0.717) is 11.6 Å². The van der Waals surface area contributed by atoms with E-state index in [1.807, 2.05) is 0 Å². The van der Waals surface area contributed by atoms with Gasteiger partial charge in [0.25, 0.3) is 0 Å². The average Bonchev–Trinajstić information content (AvgIpc) is 3.12. The maximum absolute atomic E-state index is 3.80. The van der Waals surface area contributed by atoms with Crippen LogP contribution in [0.2, 0.25) is 0 Å². The first-order valence-corrected chi connectivity index (χ1v) is 7.10. The summed E-state index contributed by atoms with van der Waals surface area (Å²) in [7, 11) is 0. The van der Waals surface area contributed by atoms with Gasteiger partial charge in [-0.1, -0.05) is 27.2 Å². The highest BCUT2D eigenvalue weighted by Gasteiger charge is 2.47. The molecule has 16 heavy (non-hydrogen) atoms. The Morgan fingerprint density at radius 3 is 2.56 bits per heavy atom. The topological polar surface area (TPSA) is 15.3 Å². The second-order valence-corrected chi connectivity index (χ2v) is 6.04. The molecule has 2 rings (SSSR count). The molecule has 1 saturated heterocycles. The molecule has 3 atom stereocenters. The van der Waals surface area contributed by atoms with Gasteiger partial charge in [-0.2, -0.15) is 0 Å². The molecule has 1 saturated carbocycles. The average molecular weight is 224 g/mol. The standard InChI is InChI=1S/C14H28N2/c1-5-11(3)13-9-16(6-2)14(4,10-15-13)12-7-8-12/h11-13,15H,5-10H2,1-4H3. The van der Waals surface area contributed by atoms with E-state index in [0.717, 1.165) is 11.8 Å². The lowest BCUT2D eigenvalue weighted by Crippen LogP contribution is -2.65. The van der Waals surface area contributed by atoms with Crippen LogP contribution in [0.25, 0.3) is 0 Å². The van der Waals surface area contributed by atoms with Crippen LogP contribution in [0.4, 0.5) is 0 Å². The fourth-order valence-corrected chi connectivity index (χ4v) is 3.22. The molecule has 2 fully saturated rings. The van der Waals surface area contributed by atoms with E-state index in [4.69, 9.17) is 0 Å². The van der Waals surface area contributed by atoms with Gasteiger partial charge >= 0.3 is 0 Å². The Hall–Kier alpha value is -0.0800. The predicted octanol–water partition coefficient (Wildman–Crippen LogP) is 2.49. The molecule has 2 nitrogen and oxygen atoms in total. The highest BCUT2D eigenvalue weighted by molar-refractivity contribution is 5.05. The molecule has 1 aliphatic carbocycles. The van der Waals surface area contributed by atoms with Crippen LogP contribution in [0.5, 0.6) is 0 Å². The highest BCUT2D eigenvalue weighted by atomic mass is 15.3. The lowest BCUT2D eigenvalue weighted by atomic mass is 9.86. The molecule has 0 aromatic carbocycles. The van der Waals surface area contributed by atoms with E-state index in [1.165, 1.54) is 38.9 Å². The van der Waals surface area contributed by atoms with E-state index in [9.17, 15) is 0 Å². The fourth-order valence-electron chi connectivity index (χ4n) is 3.22. The van der Waals surface area contributed by atoms with Gasteiger partial charge in [0.15, 0.2) is 0 Å². The minimum atomic E-state index is 0.443. The Balaban J connectivity index is 2.01. The summed E-state index contributed by atoms with van der Waals surface area (Å²) in [5, 5.41) is 3.80. The Bertz CT molecular complexity index is 237. The molecule has 0 bridgehead atoms. The largest absolute Gasteiger partial charge is 0.311 e. The minimum absolute atomic E-state index is 0.443. The molecule has 0 radical (unpaired) electrons. The maximum Gasteiger partial charge on any atom is 0.0334 e. The van der Waals surface area contributed by atoms with Gasteiger partial charge in [0.2, 0.25) is 0 Å². The Kier molecular flexibility index (Phi) is 3.60. The molecule has 3 unspecified atom stereocenters. The number of hydrogen-bond acceptors (Lipinski definition) is 2. The zero-order chi connectivity index (χ0) is 11.8. The number of rotatable bonds is 4. The van der Waals surface area contributed by atoms with Crippen LogP contribution in [0, 0.1) is 11.8 Å². The lowest BCUT2D eigenvalue weighted by Gasteiger charge is -2.49. The van der Waals surface area contributed by atoms with Crippen LogP contribution in [-0.4, -0.2) is 36.1 Å². The molecule has 1 heterocycles. The summed E-state index contributed by atoms with van der Waals surface area (Å²) < 4.78 is 0. The van der Waals surface area contributed by atoms with E-state index >= 15 is 0 Å². The van der Waals surface area contributed by atoms with Gasteiger partial charge in [0.1, 0.15) is 0 Å². The van der Waals surface area contributed by atoms with Gasteiger partial charge in [-0.3, -0.25) is 4.90 Å². The molecule has 1 N–H and O–H groups in total. The summed E-state index contributed by atoms with van der Waals surface area (Å²) in [4.78, 5) is 2.73. The van der Waals surface area contributed by atoms with Crippen molar-refractivity contribution >= 4 is 0 Å². The van der Waals surface area contributed by atoms with E-state index in [1.54, 1.807) is 0 Å². The Morgan fingerprint density at radius 1 is 1.38 bits per heavy atom. The second-order valence-electron chi connectivity index (χ2n) is 6.04. The van der Waals surface area contributed by atoms with Crippen molar-refractivity contribution in [3.63, 3.8) is 0 Å². The molecule has 2 aliphatic rings. The predicted molar refractivity (Wildman–Crippen MR) is 69.6 cm³/mol. The van der Waals surface area contributed by atoms with Gasteiger partial charge in [-0.15, -0.1) is 0 Å². The Labute approximate surface area is 101 Å².